The molecule has 1 aliphatic rings. The monoisotopic (exact) mass is 322 g/mol. The van der Waals surface area contributed by atoms with Gasteiger partial charge in [-0.15, -0.1) is 0 Å². The number of rotatable bonds is 6. The molecule has 1 aromatic rings. The lowest BCUT2D eigenvalue weighted by molar-refractivity contribution is 0.435. The molecule has 0 aromatic heterocycles. The highest BCUT2D eigenvalue weighted by molar-refractivity contribution is 9.09. The summed E-state index contributed by atoms with van der Waals surface area (Å²) in [6.07, 6.45) is 10.6. The number of halogens is 1. The van der Waals surface area contributed by atoms with Crippen LogP contribution in [0.3, 0.4) is 0 Å². The molecule has 106 valence electrons. The zero-order valence-corrected chi connectivity index (χ0v) is 14.0. The van der Waals surface area contributed by atoms with Gasteiger partial charge in [0.25, 0.3) is 0 Å². The Labute approximate surface area is 127 Å². The Morgan fingerprint density at radius 2 is 1.63 bits per heavy atom. The summed E-state index contributed by atoms with van der Waals surface area (Å²) in [6.45, 7) is 4.60. The van der Waals surface area contributed by atoms with Crippen molar-refractivity contribution in [2.24, 2.45) is 5.92 Å². The van der Waals surface area contributed by atoms with E-state index in [1.807, 2.05) is 0 Å². The fraction of sp³-hybridized carbons (Fsp3) is 0.667. The predicted molar refractivity (Wildman–Crippen MR) is 88.1 cm³/mol. The van der Waals surface area contributed by atoms with Crippen LogP contribution in [0.15, 0.2) is 18.2 Å². The highest BCUT2D eigenvalue weighted by Gasteiger charge is 2.20. The van der Waals surface area contributed by atoms with Crippen molar-refractivity contribution in [3.8, 4) is 0 Å². The highest BCUT2D eigenvalue weighted by atomic mass is 79.9. The summed E-state index contributed by atoms with van der Waals surface area (Å²) >= 11 is 3.98. The maximum Gasteiger partial charge on any atom is 0.0423 e. The normalized spacial score (nSPS) is 16.4. The van der Waals surface area contributed by atoms with E-state index in [4.69, 9.17) is 0 Å². The first-order valence-corrected chi connectivity index (χ1v) is 8.93. The summed E-state index contributed by atoms with van der Waals surface area (Å²) in [5.41, 5.74) is 4.71. The molecule has 0 nitrogen and oxygen atoms in total. The molecule has 1 atom stereocenters. The molecule has 0 aliphatic heterocycles. The summed E-state index contributed by atoms with van der Waals surface area (Å²) in [4.78, 5) is 0.541. The van der Waals surface area contributed by atoms with Crippen LogP contribution < -0.4 is 0 Å². The van der Waals surface area contributed by atoms with Crippen LogP contribution in [0.5, 0.6) is 0 Å². The lowest BCUT2D eigenvalue weighted by Crippen LogP contribution is -2.10. The largest absolute Gasteiger partial charge is 0.0836 e. The Bertz CT molecular complexity index is 391. The van der Waals surface area contributed by atoms with E-state index in [9.17, 15) is 0 Å². The van der Waals surface area contributed by atoms with Crippen LogP contribution in [0.1, 0.15) is 73.9 Å². The molecule has 0 fully saturated rings. The third-order valence-electron chi connectivity index (χ3n) is 4.42. The molecule has 2 rings (SSSR count). The second-order valence-corrected chi connectivity index (χ2v) is 6.96. The van der Waals surface area contributed by atoms with Crippen LogP contribution in [0.2, 0.25) is 0 Å². The molecule has 0 radical (unpaired) electrons. The second-order valence-electron chi connectivity index (χ2n) is 5.97. The minimum Gasteiger partial charge on any atom is -0.0836 e. The minimum atomic E-state index is 0.541. The van der Waals surface area contributed by atoms with Gasteiger partial charge in [-0.1, -0.05) is 60.8 Å². The van der Waals surface area contributed by atoms with Crippen molar-refractivity contribution in [3.63, 3.8) is 0 Å². The molecular formula is C18H27Br. The van der Waals surface area contributed by atoms with Gasteiger partial charge in [0.15, 0.2) is 0 Å². The quantitative estimate of drug-likeness (QED) is 0.545. The SMILES string of the molecule is CCCC(CCC)C(Br)c1ccc2c(c1)CCCC2. The highest BCUT2D eigenvalue weighted by Crippen LogP contribution is 2.38. The number of benzene rings is 1. The zero-order valence-electron chi connectivity index (χ0n) is 12.4. The second kappa shape index (κ2) is 7.47. The summed E-state index contributed by atoms with van der Waals surface area (Å²) in [5, 5.41) is 0. The Balaban J connectivity index is 2.15. The van der Waals surface area contributed by atoms with E-state index in [2.05, 4.69) is 48.0 Å². The Morgan fingerprint density at radius 1 is 1.00 bits per heavy atom. The predicted octanol–water partition coefficient (Wildman–Crippen LogP) is 6.22. The molecule has 0 saturated carbocycles. The number of hydrogen-bond donors (Lipinski definition) is 0. The molecule has 1 aliphatic carbocycles. The van der Waals surface area contributed by atoms with Crippen molar-refractivity contribution in [3.05, 3.63) is 34.9 Å². The van der Waals surface area contributed by atoms with E-state index >= 15 is 0 Å². The summed E-state index contributed by atoms with van der Waals surface area (Å²) < 4.78 is 0. The molecule has 1 aromatic carbocycles. The third kappa shape index (κ3) is 3.84. The van der Waals surface area contributed by atoms with E-state index in [0.29, 0.717) is 4.83 Å². The van der Waals surface area contributed by atoms with Gasteiger partial charge in [-0.2, -0.15) is 0 Å². The number of alkyl halides is 1. The molecular weight excluding hydrogens is 296 g/mol. The van der Waals surface area contributed by atoms with Gasteiger partial charge in [0, 0.05) is 4.83 Å². The van der Waals surface area contributed by atoms with Crippen molar-refractivity contribution in [1.82, 2.24) is 0 Å². The van der Waals surface area contributed by atoms with Gasteiger partial charge in [0.05, 0.1) is 0 Å². The van der Waals surface area contributed by atoms with Crippen molar-refractivity contribution in [2.75, 3.05) is 0 Å². The first-order chi connectivity index (χ1) is 9.26. The van der Waals surface area contributed by atoms with Gasteiger partial charge in [0.1, 0.15) is 0 Å². The van der Waals surface area contributed by atoms with Crippen molar-refractivity contribution in [2.45, 2.75) is 70.0 Å². The van der Waals surface area contributed by atoms with Crippen LogP contribution in [0.4, 0.5) is 0 Å². The fourth-order valence-electron chi connectivity index (χ4n) is 3.38. The number of fused-ring (bicyclic) bond motifs is 1. The average Bonchev–Trinajstić information content (AvgIpc) is 2.46. The molecule has 1 unspecified atom stereocenters. The molecule has 19 heavy (non-hydrogen) atoms. The maximum absolute atomic E-state index is 3.98. The van der Waals surface area contributed by atoms with Gasteiger partial charge in [-0.3, -0.25) is 0 Å². The molecule has 0 saturated heterocycles. The topological polar surface area (TPSA) is 0 Å². The average molecular weight is 323 g/mol. The van der Waals surface area contributed by atoms with E-state index in [-0.39, 0.29) is 0 Å². The minimum absolute atomic E-state index is 0.541. The van der Waals surface area contributed by atoms with E-state index in [1.54, 1.807) is 11.1 Å². The number of aryl methyl sites for hydroxylation is 2. The zero-order chi connectivity index (χ0) is 13.7. The van der Waals surface area contributed by atoms with Crippen molar-refractivity contribution < 1.29 is 0 Å². The van der Waals surface area contributed by atoms with E-state index in [1.165, 1.54) is 56.9 Å². The van der Waals surface area contributed by atoms with Crippen LogP contribution in [0, 0.1) is 5.92 Å². The van der Waals surface area contributed by atoms with Gasteiger partial charge < -0.3 is 0 Å². The summed E-state index contributed by atoms with van der Waals surface area (Å²) in [6, 6.07) is 7.22. The summed E-state index contributed by atoms with van der Waals surface area (Å²) in [7, 11) is 0. The third-order valence-corrected chi connectivity index (χ3v) is 5.70. The van der Waals surface area contributed by atoms with Crippen molar-refractivity contribution in [1.29, 1.82) is 0 Å². The van der Waals surface area contributed by atoms with Crippen LogP contribution in [-0.2, 0) is 12.8 Å². The van der Waals surface area contributed by atoms with Crippen LogP contribution in [-0.4, -0.2) is 0 Å². The lowest BCUT2D eigenvalue weighted by atomic mass is 9.86. The lowest BCUT2D eigenvalue weighted by Gasteiger charge is -2.24. The van der Waals surface area contributed by atoms with Crippen LogP contribution >= 0.6 is 15.9 Å². The van der Waals surface area contributed by atoms with Gasteiger partial charge in [-0.25, -0.2) is 0 Å². The molecule has 0 amide bonds. The van der Waals surface area contributed by atoms with Crippen molar-refractivity contribution >= 4 is 15.9 Å². The van der Waals surface area contributed by atoms with Gasteiger partial charge >= 0.3 is 0 Å². The smallest absolute Gasteiger partial charge is 0.0423 e. The first kappa shape index (κ1) is 15.1. The Morgan fingerprint density at radius 3 is 2.26 bits per heavy atom. The van der Waals surface area contributed by atoms with E-state index < -0.39 is 0 Å². The van der Waals surface area contributed by atoms with Gasteiger partial charge in [-0.05, 0) is 61.1 Å². The fourth-order valence-corrected chi connectivity index (χ4v) is 4.19. The molecule has 1 heteroatoms. The molecule has 0 N–H and O–H groups in total. The van der Waals surface area contributed by atoms with Gasteiger partial charge in [0.2, 0.25) is 0 Å². The molecule has 0 bridgehead atoms. The molecule has 0 spiro atoms. The Kier molecular flexibility index (Phi) is 5.94. The number of hydrogen-bond acceptors (Lipinski definition) is 0. The molecule has 0 heterocycles. The summed E-state index contributed by atoms with van der Waals surface area (Å²) in [5.74, 6) is 0.789. The first-order valence-electron chi connectivity index (χ1n) is 8.02. The van der Waals surface area contributed by atoms with Crippen LogP contribution in [0.25, 0.3) is 0 Å². The maximum atomic E-state index is 3.98. The Hall–Kier alpha value is -0.300. The van der Waals surface area contributed by atoms with E-state index in [0.717, 1.165) is 5.92 Å². The standard InChI is InChI=1S/C18H27Br/c1-3-7-15(8-4-2)18(19)17-12-11-14-9-5-6-10-16(14)13-17/h11-13,15,18H,3-10H2,1-2H3.